The molecule has 0 heterocycles. The summed E-state index contributed by atoms with van der Waals surface area (Å²) in [6.45, 7) is 9.27. The van der Waals surface area contributed by atoms with Gasteiger partial charge < -0.3 is 10.1 Å². The third-order valence-corrected chi connectivity index (χ3v) is 5.86. The van der Waals surface area contributed by atoms with E-state index < -0.39 is 0 Å². The first-order chi connectivity index (χ1) is 10.2. The monoisotopic (exact) mass is 295 g/mol. The molecule has 0 amide bonds. The Kier molecular flexibility index (Phi) is 7.01. The van der Waals surface area contributed by atoms with Gasteiger partial charge in [-0.3, -0.25) is 0 Å². The van der Waals surface area contributed by atoms with Crippen molar-refractivity contribution in [3.63, 3.8) is 0 Å². The van der Waals surface area contributed by atoms with Crippen molar-refractivity contribution in [2.75, 3.05) is 13.1 Å². The van der Waals surface area contributed by atoms with Gasteiger partial charge in [0, 0.05) is 6.54 Å². The molecule has 3 unspecified atom stereocenters. The largest absolute Gasteiger partial charge is 0.370 e. The van der Waals surface area contributed by atoms with E-state index in [4.69, 9.17) is 4.74 Å². The quantitative estimate of drug-likeness (QED) is 0.554. The van der Waals surface area contributed by atoms with Crippen LogP contribution in [0, 0.1) is 11.8 Å². The van der Waals surface area contributed by atoms with Gasteiger partial charge in [-0.2, -0.15) is 0 Å². The second-order valence-corrected chi connectivity index (χ2v) is 7.78. The summed E-state index contributed by atoms with van der Waals surface area (Å²) in [5.74, 6) is 1.71. The molecule has 0 aliphatic heterocycles. The number of hydrogen-bond donors (Lipinski definition) is 1. The maximum absolute atomic E-state index is 6.80. The lowest BCUT2D eigenvalue weighted by Crippen LogP contribution is -2.46. The number of nitrogens with one attached hydrogen (secondary N) is 1. The highest BCUT2D eigenvalue weighted by Crippen LogP contribution is 2.37. The summed E-state index contributed by atoms with van der Waals surface area (Å²) in [4.78, 5) is 0. The Morgan fingerprint density at radius 3 is 2.33 bits per heavy atom. The maximum atomic E-state index is 6.80. The van der Waals surface area contributed by atoms with Crippen LogP contribution in [-0.4, -0.2) is 24.8 Å². The number of hydrogen-bond acceptors (Lipinski definition) is 2. The molecule has 0 saturated heterocycles. The topological polar surface area (TPSA) is 21.3 Å². The van der Waals surface area contributed by atoms with Gasteiger partial charge in [0.15, 0.2) is 0 Å². The Labute approximate surface area is 132 Å². The predicted molar refractivity (Wildman–Crippen MR) is 90.6 cm³/mol. The molecule has 0 radical (unpaired) electrons. The van der Waals surface area contributed by atoms with Crippen molar-refractivity contribution in [2.45, 2.75) is 96.7 Å². The zero-order valence-corrected chi connectivity index (χ0v) is 14.6. The third-order valence-electron chi connectivity index (χ3n) is 5.86. The Balaban J connectivity index is 1.94. The highest BCUT2D eigenvalue weighted by Gasteiger charge is 2.36. The van der Waals surface area contributed by atoms with Crippen LogP contribution >= 0.6 is 0 Å². The summed E-state index contributed by atoms with van der Waals surface area (Å²) in [6, 6.07) is 0. The van der Waals surface area contributed by atoms with Gasteiger partial charge in [-0.1, -0.05) is 46.5 Å². The van der Waals surface area contributed by atoms with E-state index in [1.54, 1.807) is 0 Å². The first-order valence-electron chi connectivity index (χ1n) is 9.54. The fourth-order valence-electron chi connectivity index (χ4n) is 4.16. The van der Waals surface area contributed by atoms with Crippen LogP contribution in [0.4, 0.5) is 0 Å². The molecule has 2 saturated carbocycles. The predicted octanol–water partition coefficient (Wildman–Crippen LogP) is 4.92. The fraction of sp³-hybridized carbons (Fsp3) is 1.00. The molecule has 21 heavy (non-hydrogen) atoms. The van der Waals surface area contributed by atoms with Crippen LogP contribution < -0.4 is 5.32 Å². The van der Waals surface area contributed by atoms with Crippen LogP contribution in [0.5, 0.6) is 0 Å². The Bertz CT molecular complexity index is 283. The molecule has 2 nitrogen and oxygen atoms in total. The molecule has 2 aliphatic carbocycles. The van der Waals surface area contributed by atoms with Crippen molar-refractivity contribution in [1.82, 2.24) is 5.32 Å². The molecule has 2 heteroatoms. The Morgan fingerprint density at radius 1 is 1.00 bits per heavy atom. The highest BCUT2D eigenvalue weighted by atomic mass is 16.5. The molecule has 2 rings (SSSR count). The lowest BCUT2D eigenvalue weighted by molar-refractivity contribution is -0.121. The van der Waals surface area contributed by atoms with Crippen LogP contribution in [-0.2, 0) is 4.74 Å². The van der Waals surface area contributed by atoms with E-state index in [0.29, 0.717) is 6.10 Å². The molecule has 124 valence electrons. The molecule has 2 aliphatic rings. The van der Waals surface area contributed by atoms with E-state index in [-0.39, 0.29) is 5.60 Å². The lowest BCUT2D eigenvalue weighted by Gasteiger charge is -2.41. The minimum absolute atomic E-state index is 0.136. The van der Waals surface area contributed by atoms with Gasteiger partial charge in [0.25, 0.3) is 0 Å². The summed E-state index contributed by atoms with van der Waals surface area (Å²) < 4.78 is 6.80. The minimum Gasteiger partial charge on any atom is -0.370 e. The van der Waals surface area contributed by atoms with Crippen molar-refractivity contribution < 1.29 is 4.74 Å². The summed E-state index contributed by atoms with van der Waals surface area (Å²) in [5.41, 5.74) is 0.136. The van der Waals surface area contributed by atoms with E-state index in [1.165, 1.54) is 64.2 Å². The first-order valence-corrected chi connectivity index (χ1v) is 9.54. The van der Waals surface area contributed by atoms with Crippen LogP contribution in [0.15, 0.2) is 0 Å². The molecule has 0 aromatic carbocycles. The van der Waals surface area contributed by atoms with Crippen LogP contribution in [0.3, 0.4) is 0 Å². The molecule has 2 fully saturated rings. The molecule has 0 aromatic rings. The highest BCUT2D eigenvalue weighted by molar-refractivity contribution is 4.88. The molecular weight excluding hydrogens is 258 g/mol. The van der Waals surface area contributed by atoms with Gasteiger partial charge in [-0.05, 0) is 56.9 Å². The number of rotatable bonds is 6. The van der Waals surface area contributed by atoms with Gasteiger partial charge in [-0.25, -0.2) is 0 Å². The summed E-state index contributed by atoms with van der Waals surface area (Å²) in [5, 5.41) is 3.66. The fourth-order valence-corrected chi connectivity index (χ4v) is 4.16. The Morgan fingerprint density at radius 2 is 1.71 bits per heavy atom. The smallest absolute Gasteiger partial charge is 0.0810 e. The van der Waals surface area contributed by atoms with Gasteiger partial charge >= 0.3 is 0 Å². The third kappa shape index (κ3) is 5.25. The molecule has 0 bridgehead atoms. The minimum atomic E-state index is 0.136. The summed E-state index contributed by atoms with van der Waals surface area (Å²) in [6.07, 6.45) is 13.7. The lowest BCUT2D eigenvalue weighted by atomic mass is 9.79. The van der Waals surface area contributed by atoms with Gasteiger partial charge in [-0.15, -0.1) is 0 Å². The molecule has 1 N–H and O–H groups in total. The maximum Gasteiger partial charge on any atom is 0.0810 e. The molecular formula is C19H37NO. The average Bonchev–Trinajstić information content (AvgIpc) is 2.69. The second-order valence-electron chi connectivity index (χ2n) is 7.78. The van der Waals surface area contributed by atoms with Crippen LogP contribution in [0.1, 0.15) is 85.0 Å². The standard InChI is InChI=1S/C19H37NO/c1-4-13-20-15-19(11-7-5-6-8-12-19)21-18-10-9-16(2)17(3)14-18/h16-18,20H,4-15H2,1-3H3. The zero-order valence-electron chi connectivity index (χ0n) is 14.6. The van der Waals surface area contributed by atoms with Gasteiger partial charge in [0.2, 0.25) is 0 Å². The number of ether oxygens (including phenoxy) is 1. The van der Waals surface area contributed by atoms with Crippen molar-refractivity contribution in [1.29, 1.82) is 0 Å². The first kappa shape index (κ1) is 17.3. The van der Waals surface area contributed by atoms with E-state index in [2.05, 4.69) is 26.1 Å². The van der Waals surface area contributed by atoms with Crippen molar-refractivity contribution in [3.05, 3.63) is 0 Å². The van der Waals surface area contributed by atoms with E-state index in [1.807, 2.05) is 0 Å². The van der Waals surface area contributed by atoms with Crippen molar-refractivity contribution in [3.8, 4) is 0 Å². The van der Waals surface area contributed by atoms with E-state index >= 15 is 0 Å². The van der Waals surface area contributed by atoms with Crippen LogP contribution in [0.25, 0.3) is 0 Å². The molecule has 3 atom stereocenters. The average molecular weight is 296 g/mol. The van der Waals surface area contributed by atoms with E-state index in [0.717, 1.165) is 24.9 Å². The van der Waals surface area contributed by atoms with Gasteiger partial charge in [0.1, 0.15) is 0 Å². The molecule has 0 spiro atoms. The Hall–Kier alpha value is -0.0800. The SMILES string of the molecule is CCCNCC1(OC2CCC(C)C(C)C2)CCCCCC1. The normalized spacial score (nSPS) is 33.6. The van der Waals surface area contributed by atoms with Crippen molar-refractivity contribution >= 4 is 0 Å². The van der Waals surface area contributed by atoms with Crippen molar-refractivity contribution in [2.24, 2.45) is 11.8 Å². The van der Waals surface area contributed by atoms with Gasteiger partial charge in [0.05, 0.1) is 11.7 Å². The second kappa shape index (κ2) is 8.53. The summed E-state index contributed by atoms with van der Waals surface area (Å²) >= 11 is 0. The van der Waals surface area contributed by atoms with E-state index in [9.17, 15) is 0 Å². The zero-order chi connectivity index (χ0) is 15.1. The molecule has 0 aromatic heterocycles. The summed E-state index contributed by atoms with van der Waals surface area (Å²) in [7, 11) is 0. The van der Waals surface area contributed by atoms with Crippen LogP contribution in [0.2, 0.25) is 0 Å².